The second-order valence-electron chi connectivity index (χ2n) is 5.74. The van der Waals surface area contributed by atoms with Crippen LogP contribution in [0.2, 0.25) is 10.0 Å². The second-order valence-corrected chi connectivity index (χ2v) is 7.39. The Bertz CT molecular complexity index is 1110. The quantitative estimate of drug-likeness (QED) is 0.413. The van der Waals surface area contributed by atoms with Crippen molar-refractivity contribution in [1.29, 1.82) is 0 Å². The lowest BCUT2D eigenvalue weighted by Crippen LogP contribution is -2.29. The van der Waals surface area contributed by atoms with E-state index in [4.69, 9.17) is 23.2 Å². The smallest absolute Gasteiger partial charge is 0.267 e. The maximum atomic E-state index is 12.3. The van der Waals surface area contributed by atoms with Gasteiger partial charge in [0, 0.05) is 34.4 Å². The first-order valence-corrected chi connectivity index (χ1v) is 9.49. The van der Waals surface area contributed by atoms with Crippen molar-refractivity contribution in [2.24, 2.45) is 0 Å². The lowest BCUT2D eigenvalue weighted by Gasteiger charge is -2.05. The van der Waals surface area contributed by atoms with E-state index in [9.17, 15) is 4.79 Å². The van der Waals surface area contributed by atoms with Crippen molar-refractivity contribution in [3.05, 3.63) is 58.2 Å². The summed E-state index contributed by atoms with van der Waals surface area (Å²) < 4.78 is 5.53. The van der Waals surface area contributed by atoms with Gasteiger partial charge in [-0.05, 0) is 41.9 Å². The number of hydrogen-bond donors (Lipinski definition) is 3. The van der Waals surface area contributed by atoms with E-state index in [1.165, 1.54) is 11.5 Å². The number of fused-ring (bicyclic) bond motifs is 2. The zero-order chi connectivity index (χ0) is 18.1. The Kier molecular flexibility index (Phi) is 4.72. The first kappa shape index (κ1) is 17.1. The highest BCUT2D eigenvalue weighted by Crippen LogP contribution is 2.28. The van der Waals surface area contributed by atoms with Crippen molar-refractivity contribution in [2.75, 3.05) is 18.4 Å². The molecule has 0 aliphatic carbocycles. The number of H-pyrrole nitrogens is 1. The molecule has 0 saturated carbocycles. The SMILES string of the molecule is O=C(NCCNc1nsc2ccccc12)c1cc2c(Cl)cc(Cl)cc2[nH]1. The Labute approximate surface area is 163 Å². The Morgan fingerprint density at radius 1 is 1.12 bits per heavy atom. The summed E-state index contributed by atoms with van der Waals surface area (Å²) in [6, 6.07) is 13.2. The fourth-order valence-corrected chi connectivity index (χ4v) is 4.05. The van der Waals surface area contributed by atoms with Crippen LogP contribution in [0.1, 0.15) is 10.5 Å². The van der Waals surface area contributed by atoms with Gasteiger partial charge in [0.2, 0.25) is 0 Å². The van der Waals surface area contributed by atoms with Crippen LogP contribution in [0.25, 0.3) is 21.0 Å². The number of carbonyl (C=O) groups is 1. The summed E-state index contributed by atoms with van der Waals surface area (Å²) in [4.78, 5) is 15.4. The molecule has 26 heavy (non-hydrogen) atoms. The van der Waals surface area contributed by atoms with Gasteiger partial charge in [-0.25, -0.2) is 0 Å². The average molecular weight is 405 g/mol. The number of aromatic amines is 1. The normalized spacial score (nSPS) is 11.2. The van der Waals surface area contributed by atoms with Crippen LogP contribution in [-0.2, 0) is 0 Å². The summed E-state index contributed by atoms with van der Waals surface area (Å²) in [7, 11) is 0. The molecule has 132 valence electrons. The van der Waals surface area contributed by atoms with Gasteiger partial charge in [0.05, 0.1) is 9.72 Å². The van der Waals surface area contributed by atoms with E-state index >= 15 is 0 Å². The summed E-state index contributed by atoms with van der Waals surface area (Å²) in [5.74, 6) is 0.644. The largest absolute Gasteiger partial charge is 0.367 e. The summed E-state index contributed by atoms with van der Waals surface area (Å²) in [5, 5.41) is 9.02. The van der Waals surface area contributed by atoms with Crippen molar-refractivity contribution in [2.45, 2.75) is 0 Å². The summed E-state index contributed by atoms with van der Waals surface area (Å²) in [6.07, 6.45) is 0. The van der Waals surface area contributed by atoms with Gasteiger partial charge in [0.15, 0.2) is 0 Å². The zero-order valence-corrected chi connectivity index (χ0v) is 15.8. The highest BCUT2D eigenvalue weighted by molar-refractivity contribution is 7.13. The fraction of sp³-hybridized carbons (Fsp3) is 0.111. The number of rotatable bonds is 5. The van der Waals surface area contributed by atoms with E-state index in [2.05, 4.69) is 20.0 Å². The molecule has 2 aromatic heterocycles. The predicted molar refractivity (Wildman–Crippen MR) is 109 cm³/mol. The third-order valence-corrected chi connectivity index (χ3v) is 5.33. The van der Waals surface area contributed by atoms with E-state index in [1.807, 2.05) is 24.3 Å². The lowest BCUT2D eigenvalue weighted by molar-refractivity contribution is 0.0951. The number of nitrogens with zero attached hydrogens (tertiary/aromatic N) is 1. The van der Waals surface area contributed by atoms with Crippen LogP contribution >= 0.6 is 34.7 Å². The van der Waals surface area contributed by atoms with E-state index in [-0.39, 0.29) is 5.91 Å². The molecule has 0 radical (unpaired) electrons. The number of halogens is 2. The van der Waals surface area contributed by atoms with E-state index < -0.39 is 0 Å². The van der Waals surface area contributed by atoms with Crippen LogP contribution in [-0.4, -0.2) is 28.4 Å². The van der Waals surface area contributed by atoms with Gasteiger partial charge in [-0.3, -0.25) is 4.79 Å². The molecule has 0 bridgehead atoms. The van der Waals surface area contributed by atoms with Crippen LogP contribution in [0.3, 0.4) is 0 Å². The molecule has 0 spiro atoms. The molecule has 8 heteroatoms. The Balaban J connectivity index is 1.37. The molecule has 4 aromatic rings. The van der Waals surface area contributed by atoms with E-state index in [0.717, 1.165) is 26.8 Å². The molecule has 0 aliphatic heterocycles. The van der Waals surface area contributed by atoms with Crippen LogP contribution in [0, 0.1) is 0 Å². The van der Waals surface area contributed by atoms with Gasteiger partial charge in [0.25, 0.3) is 5.91 Å². The molecule has 2 aromatic carbocycles. The van der Waals surface area contributed by atoms with Crippen LogP contribution in [0.4, 0.5) is 5.82 Å². The van der Waals surface area contributed by atoms with Gasteiger partial charge in [-0.1, -0.05) is 35.3 Å². The lowest BCUT2D eigenvalue weighted by atomic mass is 10.2. The topological polar surface area (TPSA) is 69.8 Å². The van der Waals surface area contributed by atoms with Crippen molar-refractivity contribution in [3.63, 3.8) is 0 Å². The Hall–Kier alpha value is -2.28. The van der Waals surface area contributed by atoms with Crippen molar-refractivity contribution in [1.82, 2.24) is 14.7 Å². The maximum Gasteiger partial charge on any atom is 0.267 e. The van der Waals surface area contributed by atoms with Crippen molar-refractivity contribution >= 4 is 67.4 Å². The summed E-state index contributed by atoms with van der Waals surface area (Å²) in [6.45, 7) is 1.04. The standard InChI is InChI=1S/C18H14Cl2N4OS/c19-10-7-13(20)12-9-15(23-14(12)8-10)18(25)22-6-5-21-17-11-3-1-2-4-16(11)26-24-17/h1-4,7-9,23H,5-6H2,(H,21,24)(H,22,25). The molecular formula is C18H14Cl2N4OS. The van der Waals surface area contributed by atoms with Crippen molar-refractivity contribution < 1.29 is 4.79 Å². The Morgan fingerprint density at radius 3 is 2.85 bits per heavy atom. The maximum absolute atomic E-state index is 12.3. The molecule has 0 aliphatic rings. The fourth-order valence-electron chi connectivity index (χ4n) is 2.75. The zero-order valence-electron chi connectivity index (χ0n) is 13.5. The summed E-state index contributed by atoms with van der Waals surface area (Å²) >= 11 is 13.6. The number of amides is 1. The molecule has 0 fully saturated rings. The second kappa shape index (κ2) is 7.15. The van der Waals surface area contributed by atoms with Crippen LogP contribution < -0.4 is 10.6 Å². The van der Waals surface area contributed by atoms with E-state index in [1.54, 1.807) is 18.2 Å². The predicted octanol–water partition coefficient (Wildman–Crippen LogP) is 4.93. The highest BCUT2D eigenvalue weighted by atomic mass is 35.5. The van der Waals surface area contributed by atoms with Gasteiger partial charge in [-0.15, -0.1) is 0 Å². The third-order valence-electron chi connectivity index (χ3n) is 3.98. The molecule has 0 atom stereocenters. The molecular weight excluding hydrogens is 391 g/mol. The molecule has 4 rings (SSSR count). The number of aromatic nitrogens is 2. The van der Waals surface area contributed by atoms with Crippen LogP contribution in [0.15, 0.2) is 42.5 Å². The first-order chi connectivity index (χ1) is 12.6. The van der Waals surface area contributed by atoms with Gasteiger partial charge >= 0.3 is 0 Å². The molecule has 0 saturated heterocycles. The highest BCUT2D eigenvalue weighted by Gasteiger charge is 2.12. The molecule has 3 N–H and O–H groups in total. The minimum absolute atomic E-state index is 0.196. The third kappa shape index (κ3) is 3.35. The molecule has 0 unspecified atom stereocenters. The van der Waals surface area contributed by atoms with Crippen LogP contribution in [0.5, 0.6) is 0 Å². The average Bonchev–Trinajstić information content (AvgIpc) is 3.23. The Morgan fingerprint density at radius 2 is 1.96 bits per heavy atom. The van der Waals surface area contributed by atoms with Gasteiger partial charge < -0.3 is 15.6 Å². The minimum atomic E-state index is -0.196. The number of carbonyl (C=O) groups excluding carboxylic acids is 1. The number of hydrogen-bond acceptors (Lipinski definition) is 4. The number of anilines is 1. The first-order valence-electron chi connectivity index (χ1n) is 7.96. The molecule has 2 heterocycles. The molecule has 5 nitrogen and oxygen atoms in total. The summed E-state index contributed by atoms with van der Waals surface area (Å²) in [5.41, 5.74) is 1.18. The van der Waals surface area contributed by atoms with Gasteiger partial charge in [-0.2, -0.15) is 4.37 Å². The van der Waals surface area contributed by atoms with E-state index in [0.29, 0.717) is 28.8 Å². The number of benzene rings is 2. The monoisotopic (exact) mass is 404 g/mol. The number of nitrogens with one attached hydrogen (secondary N) is 3. The molecule has 1 amide bonds. The van der Waals surface area contributed by atoms with Gasteiger partial charge in [0.1, 0.15) is 11.5 Å². The minimum Gasteiger partial charge on any atom is -0.367 e. The van der Waals surface area contributed by atoms with Crippen molar-refractivity contribution in [3.8, 4) is 0 Å².